The molecule has 1 aromatic carbocycles. The topological polar surface area (TPSA) is 107 Å². The number of carboxylic acids is 1. The number of H-pyrrole nitrogens is 1. The Kier molecular flexibility index (Phi) is 4.55. The highest BCUT2D eigenvalue weighted by Gasteiger charge is 2.08. The molecule has 0 bridgehead atoms. The number of rotatable bonds is 5. The fourth-order valence-corrected chi connectivity index (χ4v) is 1.79. The van der Waals surface area contributed by atoms with E-state index in [0.717, 1.165) is 11.3 Å². The molecule has 110 valence electrons. The largest absolute Gasteiger partial charge is 0.478 e. The van der Waals surface area contributed by atoms with E-state index < -0.39 is 5.97 Å². The van der Waals surface area contributed by atoms with Crippen molar-refractivity contribution < 1.29 is 14.7 Å². The van der Waals surface area contributed by atoms with Crippen molar-refractivity contribution in [3.05, 3.63) is 47.5 Å². The molecule has 21 heavy (non-hydrogen) atoms. The summed E-state index contributed by atoms with van der Waals surface area (Å²) in [5.74, 6) is -1.03. The number of aromatic carboxylic acids is 1. The van der Waals surface area contributed by atoms with Crippen LogP contribution in [0.25, 0.3) is 0 Å². The molecule has 0 radical (unpaired) electrons. The lowest BCUT2D eigenvalue weighted by Gasteiger charge is -2.10. The Bertz CT molecular complexity index is 638. The molecule has 2 amide bonds. The number of urea groups is 1. The first-order valence-corrected chi connectivity index (χ1v) is 6.42. The van der Waals surface area contributed by atoms with Crippen LogP contribution in [0.15, 0.2) is 30.7 Å². The molecule has 7 nitrogen and oxygen atoms in total. The predicted octanol–water partition coefficient (Wildman–Crippen LogP) is 1.78. The van der Waals surface area contributed by atoms with Crippen molar-refractivity contribution in [2.75, 3.05) is 11.9 Å². The van der Waals surface area contributed by atoms with Crippen LogP contribution < -0.4 is 10.6 Å². The molecule has 2 aromatic rings. The van der Waals surface area contributed by atoms with Crippen molar-refractivity contribution >= 4 is 17.7 Å². The minimum absolute atomic E-state index is 0.133. The molecule has 0 saturated heterocycles. The first-order valence-electron chi connectivity index (χ1n) is 6.42. The summed E-state index contributed by atoms with van der Waals surface area (Å²) in [5, 5.41) is 14.3. The van der Waals surface area contributed by atoms with Crippen molar-refractivity contribution in [1.29, 1.82) is 0 Å². The zero-order chi connectivity index (χ0) is 15.2. The lowest BCUT2D eigenvalue weighted by Crippen LogP contribution is -2.30. The molecule has 0 spiro atoms. The number of benzene rings is 1. The van der Waals surface area contributed by atoms with E-state index in [4.69, 9.17) is 5.11 Å². The first-order chi connectivity index (χ1) is 10.1. The van der Waals surface area contributed by atoms with E-state index in [2.05, 4.69) is 20.6 Å². The van der Waals surface area contributed by atoms with Gasteiger partial charge in [0.2, 0.25) is 0 Å². The van der Waals surface area contributed by atoms with Gasteiger partial charge in [0.15, 0.2) is 0 Å². The maximum atomic E-state index is 11.8. The molecule has 0 saturated carbocycles. The molecule has 0 aliphatic rings. The van der Waals surface area contributed by atoms with E-state index in [1.165, 1.54) is 12.1 Å². The minimum atomic E-state index is -1.03. The van der Waals surface area contributed by atoms with Crippen molar-refractivity contribution in [2.24, 2.45) is 0 Å². The van der Waals surface area contributed by atoms with Crippen LogP contribution in [0, 0.1) is 6.92 Å². The molecule has 0 aliphatic carbocycles. The highest BCUT2D eigenvalue weighted by molar-refractivity contribution is 5.93. The lowest BCUT2D eigenvalue weighted by atomic mass is 10.1. The summed E-state index contributed by atoms with van der Waals surface area (Å²) < 4.78 is 0. The predicted molar refractivity (Wildman–Crippen MR) is 77.5 cm³/mol. The fourth-order valence-electron chi connectivity index (χ4n) is 1.79. The Morgan fingerprint density at radius 2 is 2.19 bits per heavy atom. The van der Waals surface area contributed by atoms with Crippen LogP contribution in [0.1, 0.15) is 21.6 Å². The highest BCUT2D eigenvalue weighted by atomic mass is 16.4. The van der Waals surface area contributed by atoms with E-state index >= 15 is 0 Å². The van der Waals surface area contributed by atoms with Crippen molar-refractivity contribution in [3.63, 3.8) is 0 Å². The van der Waals surface area contributed by atoms with Gasteiger partial charge < -0.3 is 20.7 Å². The van der Waals surface area contributed by atoms with E-state index in [0.29, 0.717) is 18.7 Å². The van der Waals surface area contributed by atoms with Gasteiger partial charge in [-0.25, -0.2) is 14.6 Å². The molecule has 0 aliphatic heterocycles. The van der Waals surface area contributed by atoms with E-state index in [-0.39, 0.29) is 11.6 Å². The number of imidazole rings is 1. The number of carbonyl (C=O) groups is 2. The van der Waals surface area contributed by atoms with Crippen LogP contribution >= 0.6 is 0 Å². The molecule has 0 fully saturated rings. The molecular formula is C14H16N4O3. The number of anilines is 1. The standard InChI is InChI=1S/C14H16N4O3/c1-9-2-3-10(13(19)20)6-12(9)18-14(21)16-5-4-11-7-15-8-17-11/h2-3,6-8H,4-5H2,1H3,(H,15,17)(H,19,20)(H2,16,18,21). The van der Waals surface area contributed by atoms with Crippen LogP contribution in [0.2, 0.25) is 0 Å². The third-order valence-electron chi connectivity index (χ3n) is 2.97. The van der Waals surface area contributed by atoms with Gasteiger partial charge in [-0.3, -0.25) is 0 Å². The summed E-state index contributed by atoms with van der Waals surface area (Å²) in [4.78, 5) is 29.5. The van der Waals surface area contributed by atoms with Crippen LogP contribution in [0.5, 0.6) is 0 Å². The maximum absolute atomic E-state index is 11.8. The highest BCUT2D eigenvalue weighted by Crippen LogP contribution is 2.16. The number of hydrogen-bond donors (Lipinski definition) is 4. The van der Waals surface area contributed by atoms with E-state index in [1.54, 1.807) is 25.5 Å². The molecular weight excluding hydrogens is 272 g/mol. The van der Waals surface area contributed by atoms with Crippen molar-refractivity contribution in [3.8, 4) is 0 Å². The summed E-state index contributed by atoms with van der Waals surface area (Å²) >= 11 is 0. The molecule has 2 rings (SSSR count). The number of aromatic nitrogens is 2. The van der Waals surface area contributed by atoms with Crippen LogP contribution in [0.4, 0.5) is 10.5 Å². The Balaban J connectivity index is 1.90. The van der Waals surface area contributed by atoms with Crippen LogP contribution in [-0.4, -0.2) is 33.6 Å². The van der Waals surface area contributed by atoms with Gasteiger partial charge in [0.05, 0.1) is 11.9 Å². The second kappa shape index (κ2) is 6.56. The Morgan fingerprint density at radius 3 is 2.86 bits per heavy atom. The van der Waals surface area contributed by atoms with Gasteiger partial charge in [-0.15, -0.1) is 0 Å². The van der Waals surface area contributed by atoms with Gasteiger partial charge in [-0.05, 0) is 24.6 Å². The second-order valence-electron chi connectivity index (χ2n) is 4.54. The average Bonchev–Trinajstić information content (AvgIpc) is 2.94. The number of carbonyl (C=O) groups excluding carboxylic acids is 1. The first kappa shape index (κ1) is 14.6. The third-order valence-corrected chi connectivity index (χ3v) is 2.97. The number of nitrogens with one attached hydrogen (secondary N) is 3. The van der Waals surface area contributed by atoms with Gasteiger partial charge in [0, 0.05) is 30.5 Å². The third kappa shape index (κ3) is 4.07. The number of carboxylic acid groups (broad SMARTS) is 1. The monoisotopic (exact) mass is 288 g/mol. The van der Waals surface area contributed by atoms with Gasteiger partial charge in [0.1, 0.15) is 0 Å². The summed E-state index contributed by atoms with van der Waals surface area (Å²) in [6, 6.07) is 4.22. The summed E-state index contributed by atoms with van der Waals surface area (Å²) in [6.07, 6.45) is 3.91. The lowest BCUT2D eigenvalue weighted by molar-refractivity contribution is 0.0697. The van der Waals surface area contributed by atoms with Gasteiger partial charge in [-0.1, -0.05) is 6.07 Å². The SMILES string of the molecule is Cc1ccc(C(=O)O)cc1NC(=O)NCCc1cnc[nH]1. The molecule has 0 atom stereocenters. The van der Waals surface area contributed by atoms with E-state index in [1.807, 2.05) is 0 Å². The van der Waals surface area contributed by atoms with E-state index in [9.17, 15) is 9.59 Å². The summed E-state index contributed by atoms with van der Waals surface area (Å²) in [6.45, 7) is 2.25. The van der Waals surface area contributed by atoms with Crippen LogP contribution in [-0.2, 0) is 6.42 Å². The second-order valence-corrected chi connectivity index (χ2v) is 4.54. The normalized spacial score (nSPS) is 10.1. The molecule has 1 aromatic heterocycles. The van der Waals surface area contributed by atoms with Crippen LogP contribution in [0.3, 0.4) is 0 Å². The number of amides is 2. The van der Waals surface area contributed by atoms with Gasteiger partial charge in [0.25, 0.3) is 0 Å². The van der Waals surface area contributed by atoms with Gasteiger partial charge in [-0.2, -0.15) is 0 Å². The summed E-state index contributed by atoms with van der Waals surface area (Å²) in [5.41, 5.74) is 2.34. The Morgan fingerprint density at radius 1 is 1.38 bits per heavy atom. The maximum Gasteiger partial charge on any atom is 0.335 e. The quantitative estimate of drug-likeness (QED) is 0.672. The zero-order valence-corrected chi connectivity index (χ0v) is 11.5. The minimum Gasteiger partial charge on any atom is -0.478 e. The number of nitrogens with zero attached hydrogens (tertiary/aromatic N) is 1. The number of hydrogen-bond acceptors (Lipinski definition) is 3. The fraction of sp³-hybridized carbons (Fsp3) is 0.214. The smallest absolute Gasteiger partial charge is 0.335 e. The summed E-state index contributed by atoms with van der Waals surface area (Å²) in [7, 11) is 0. The van der Waals surface area contributed by atoms with Gasteiger partial charge >= 0.3 is 12.0 Å². The number of aryl methyl sites for hydroxylation is 1. The average molecular weight is 288 g/mol. The Labute approximate surface area is 121 Å². The zero-order valence-electron chi connectivity index (χ0n) is 11.5. The van der Waals surface area contributed by atoms with Crippen molar-refractivity contribution in [1.82, 2.24) is 15.3 Å². The molecule has 7 heteroatoms. The molecule has 4 N–H and O–H groups in total. The number of aromatic amines is 1. The Hall–Kier alpha value is -2.83. The molecule has 1 heterocycles. The molecule has 0 unspecified atom stereocenters. The van der Waals surface area contributed by atoms with Crippen molar-refractivity contribution in [2.45, 2.75) is 13.3 Å².